The van der Waals surface area contributed by atoms with Crippen molar-refractivity contribution in [2.75, 3.05) is 0 Å². The van der Waals surface area contributed by atoms with E-state index < -0.39 is 22.3 Å². The summed E-state index contributed by atoms with van der Waals surface area (Å²) in [7, 11) is 0. The quantitative estimate of drug-likeness (QED) is 0.740. The number of carbonyl (C=O) groups is 3. The molecule has 0 aromatic heterocycles. The molecule has 0 aliphatic heterocycles. The van der Waals surface area contributed by atoms with Crippen molar-refractivity contribution in [2.24, 2.45) is 10.8 Å². The molecule has 0 aliphatic rings. The zero-order valence-corrected chi connectivity index (χ0v) is 16.9. The van der Waals surface area contributed by atoms with Gasteiger partial charge in [0.1, 0.15) is 11.6 Å². The van der Waals surface area contributed by atoms with Crippen LogP contribution in [0.3, 0.4) is 0 Å². The lowest BCUT2D eigenvalue weighted by Gasteiger charge is -2.33. The predicted molar refractivity (Wildman–Crippen MR) is 102 cm³/mol. The van der Waals surface area contributed by atoms with Crippen LogP contribution < -0.4 is 5.48 Å². The molecule has 1 aromatic rings. The first-order valence-corrected chi connectivity index (χ1v) is 8.85. The summed E-state index contributed by atoms with van der Waals surface area (Å²) in [4.78, 5) is 42.5. The lowest BCUT2D eigenvalue weighted by molar-refractivity contribution is -0.133. The first-order valence-electron chi connectivity index (χ1n) is 8.85. The van der Waals surface area contributed by atoms with Crippen molar-refractivity contribution in [3.05, 3.63) is 35.9 Å². The molecule has 1 aromatic carbocycles. The summed E-state index contributed by atoms with van der Waals surface area (Å²) in [6.45, 7) is 12.7. The highest BCUT2D eigenvalue weighted by Crippen LogP contribution is 2.28. The minimum Gasteiger partial charge on any atom is -0.366 e. The first-order chi connectivity index (χ1) is 11.7. The lowest BCUT2D eigenvalue weighted by Crippen LogP contribution is -2.49. The van der Waals surface area contributed by atoms with Crippen molar-refractivity contribution >= 4 is 17.5 Å². The Hall–Kier alpha value is -2.01. The van der Waals surface area contributed by atoms with Gasteiger partial charge in [-0.05, 0) is 19.1 Å². The van der Waals surface area contributed by atoms with Gasteiger partial charge in [-0.2, -0.15) is 0 Å². The van der Waals surface area contributed by atoms with Crippen molar-refractivity contribution in [2.45, 2.75) is 66.8 Å². The highest BCUT2D eigenvalue weighted by Gasteiger charge is 2.38. The second kappa shape index (κ2) is 8.12. The zero-order valence-electron chi connectivity index (χ0n) is 16.9. The molecule has 26 heavy (non-hydrogen) atoms. The number of ketones is 2. The third-order valence-electron chi connectivity index (χ3n) is 4.17. The molecule has 0 fully saturated rings. The predicted octanol–water partition coefficient (Wildman–Crippen LogP) is 4.12. The number of hydrogen-bond acceptors (Lipinski definition) is 5. The maximum atomic E-state index is 12.5. The largest absolute Gasteiger partial charge is 0.366 e. The van der Waals surface area contributed by atoms with Crippen LogP contribution in [-0.2, 0) is 14.4 Å². The van der Waals surface area contributed by atoms with Gasteiger partial charge in [0.25, 0.3) is 0 Å². The maximum Gasteiger partial charge on any atom is 0.356 e. The van der Waals surface area contributed by atoms with Gasteiger partial charge in [0.05, 0.1) is 11.1 Å². The summed E-state index contributed by atoms with van der Waals surface area (Å²) in [5.74, 6) is -0.571. The van der Waals surface area contributed by atoms with Gasteiger partial charge >= 0.3 is 5.97 Å². The Morgan fingerprint density at radius 3 is 1.62 bits per heavy atom. The second-order valence-electron chi connectivity index (χ2n) is 9.12. The average molecular weight is 361 g/mol. The van der Waals surface area contributed by atoms with Gasteiger partial charge in [0.15, 0.2) is 0 Å². The molecule has 0 amide bonds. The highest BCUT2D eigenvalue weighted by atomic mass is 16.7. The Bertz CT molecular complexity index is 623. The van der Waals surface area contributed by atoms with E-state index in [1.807, 2.05) is 41.5 Å². The van der Waals surface area contributed by atoms with E-state index in [1.54, 1.807) is 37.3 Å². The molecule has 0 radical (unpaired) electrons. The van der Waals surface area contributed by atoms with E-state index in [-0.39, 0.29) is 24.4 Å². The molecule has 144 valence electrons. The van der Waals surface area contributed by atoms with E-state index in [1.165, 1.54) is 0 Å². The van der Waals surface area contributed by atoms with Crippen molar-refractivity contribution in [3.63, 3.8) is 0 Å². The lowest BCUT2D eigenvalue weighted by atomic mass is 9.77. The van der Waals surface area contributed by atoms with E-state index in [2.05, 4.69) is 5.48 Å². The Morgan fingerprint density at radius 1 is 0.808 bits per heavy atom. The number of carbonyl (C=O) groups excluding carboxylic acids is 3. The fraction of sp³-hybridized carbons (Fsp3) is 0.571. The average Bonchev–Trinajstić information content (AvgIpc) is 2.51. The fourth-order valence-corrected chi connectivity index (χ4v) is 2.18. The van der Waals surface area contributed by atoms with E-state index >= 15 is 0 Å². The van der Waals surface area contributed by atoms with Crippen LogP contribution in [0.4, 0.5) is 0 Å². The molecule has 0 unspecified atom stereocenters. The van der Waals surface area contributed by atoms with Crippen LogP contribution in [0.15, 0.2) is 30.3 Å². The number of Topliss-reactive ketones (excluding diaryl/α,β-unsaturated/α-hetero) is 2. The fourth-order valence-electron chi connectivity index (χ4n) is 2.18. The van der Waals surface area contributed by atoms with Crippen LogP contribution in [0.1, 0.15) is 71.7 Å². The maximum absolute atomic E-state index is 12.5. The molecule has 0 saturated heterocycles. The van der Waals surface area contributed by atoms with Crippen molar-refractivity contribution < 1.29 is 19.2 Å². The third kappa shape index (κ3) is 6.71. The second-order valence-corrected chi connectivity index (χ2v) is 9.12. The minimum atomic E-state index is -0.973. The summed E-state index contributed by atoms with van der Waals surface area (Å²) in [6.07, 6.45) is 0.167. The first kappa shape index (κ1) is 22.0. The number of hydroxylamine groups is 1. The highest BCUT2D eigenvalue weighted by molar-refractivity contribution is 5.90. The van der Waals surface area contributed by atoms with Gasteiger partial charge in [-0.1, -0.05) is 59.7 Å². The van der Waals surface area contributed by atoms with Crippen molar-refractivity contribution in [1.82, 2.24) is 5.48 Å². The summed E-state index contributed by atoms with van der Waals surface area (Å²) in [5.41, 5.74) is 1.04. The molecule has 5 heteroatoms. The SMILES string of the molecule is CC(CC(=O)C(C)(C)C)(CC(=O)C(C)(C)C)NOC(=O)c1ccccc1. The molecule has 0 aliphatic carbocycles. The molecule has 0 spiro atoms. The third-order valence-corrected chi connectivity index (χ3v) is 4.17. The minimum absolute atomic E-state index is 0.00929. The summed E-state index contributed by atoms with van der Waals surface area (Å²) >= 11 is 0. The van der Waals surface area contributed by atoms with Gasteiger partial charge in [0, 0.05) is 23.7 Å². The van der Waals surface area contributed by atoms with Crippen LogP contribution in [0.5, 0.6) is 0 Å². The number of hydrogen-bond donors (Lipinski definition) is 1. The topological polar surface area (TPSA) is 72.5 Å². The van der Waals surface area contributed by atoms with Gasteiger partial charge < -0.3 is 4.84 Å². The molecule has 1 N–H and O–H groups in total. The molecule has 5 nitrogen and oxygen atoms in total. The van der Waals surface area contributed by atoms with Crippen LogP contribution in [0.2, 0.25) is 0 Å². The van der Waals surface area contributed by atoms with E-state index in [4.69, 9.17) is 4.84 Å². The van der Waals surface area contributed by atoms with Crippen LogP contribution in [0, 0.1) is 10.8 Å². The molecule has 0 heterocycles. The Kier molecular flexibility index (Phi) is 6.88. The Labute approximate surface area is 156 Å². The monoisotopic (exact) mass is 361 g/mol. The van der Waals surface area contributed by atoms with Gasteiger partial charge in [-0.25, -0.2) is 4.79 Å². The van der Waals surface area contributed by atoms with Crippen LogP contribution >= 0.6 is 0 Å². The zero-order chi connectivity index (χ0) is 20.2. The molecular formula is C21H31NO4. The standard InChI is InChI=1S/C21H31NO4/c1-19(2,3)16(23)13-21(7,14-17(24)20(4,5)6)22-26-18(25)15-11-9-8-10-12-15/h8-12,22H,13-14H2,1-7H3. The Balaban J connectivity index is 2.94. The molecular weight excluding hydrogens is 330 g/mol. The van der Waals surface area contributed by atoms with Crippen LogP contribution in [-0.4, -0.2) is 23.1 Å². The summed E-state index contributed by atoms with van der Waals surface area (Å²) < 4.78 is 0. The molecule has 0 atom stereocenters. The van der Waals surface area contributed by atoms with Gasteiger partial charge in [0.2, 0.25) is 0 Å². The number of nitrogens with one attached hydrogen (secondary N) is 1. The van der Waals surface area contributed by atoms with E-state index in [9.17, 15) is 14.4 Å². The normalized spacial score (nSPS) is 12.6. The van der Waals surface area contributed by atoms with Crippen LogP contribution in [0.25, 0.3) is 0 Å². The number of benzene rings is 1. The van der Waals surface area contributed by atoms with Gasteiger partial charge in [-0.15, -0.1) is 5.48 Å². The molecule has 1 rings (SSSR count). The van der Waals surface area contributed by atoms with Gasteiger partial charge in [-0.3, -0.25) is 9.59 Å². The molecule has 0 saturated carbocycles. The van der Waals surface area contributed by atoms with Crippen molar-refractivity contribution in [1.29, 1.82) is 0 Å². The van der Waals surface area contributed by atoms with Crippen molar-refractivity contribution in [3.8, 4) is 0 Å². The summed E-state index contributed by atoms with van der Waals surface area (Å²) in [6, 6.07) is 8.56. The Morgan fingerprint density at radius 2 is 1.23 bits per heavy atom. The molecule has 0 bridgehead atoms. The van der Waals surface area contributed by atoms with E-state index in [0.29, 0.717) is 5.56 Å². The summed E-state index contributed by atoms with van der Waals surface area (Å²) in [5, 5.41) is 0. The smallest absolute Gasteiger partial charge is 0.356 e. The number of rotatable bonds is 7. The van der Waals surface area contributed by atoms with E-state index in [0.717, 1.165) is 0 Å².